The molecule has 0 bridgehead atoms. The van der Waals surface area contributed by atoms with E-state index < -0.39 is 12.7 Å². The maximum absolute atomic E-state index is 12.3. The molecule has 0 aliphatic rings. The molecule has 0 aliphatic heterocycles. The number of rotatable bonds is 6. The van der Waals surface area contributed by atoms with Crippen molar-refractivity contribution in [3.8, 4) is 5.75 Å². The van der Waals surface area contributed by atoms with Gasteiger partial charge in [0.05, 0.1) is 6.20 Å². The van der Waals surface area contributed by atoms with Crippen LogP contribution in [-0.2, 0) is 11.8 Å². The molecule has 1 aromatic carbocycles. The molecule has 0 spiro atoms. The van der Waals surface area contributed by atoms with Gasteiger partial charge in [-0.05, 0) is 19.2 Å². The minimum absolute atomic E-state index is 0.0183. The third-order valence-corrected chi connectivity index (χ3v) is 2.94. The number of amides is 1. The van der Waals surface area contributed by atoms with E-state index in [2.05, 4.69) is 20.5 Å². The van der Waals surface area contributed by atoms with Gasteiger partial charge in [0, 0.05) is 30.6 Å². The number of alkyl halides is 2. The van der Waals surface area contributed by atoms with Crippen LogP contribution in [0.4, 0.5) is 14.5 Å². The average molecular weight is 310 g/mol. The second kappa shape index (κ2) is 6.99. The monoisotopic (exact) mass is 310 g/mol. The number of halogens is 2. The van der Waals surface area contributed by atoms with E-state index in [4.69, 9.17) is 0 Å². The molecule has 0 fully saturated rings. The van der Waals surface area contributed by atoms with Crippen LogP contribution in [0, 0.1) is 0 Å². The first kappa shape index (κ1) is 15.9. The molecule has 1 unspecified atom stereocenters. The van der Waals surface area contributed by atoms with Crippen LogP contribution in [0.1, 0.15) is 11.6 Å². The van der Waals surface area contributed by atoms with Gasteiger partial charge in [0.15, 0.2) is 0 Å². The molecule has 1 amide bonds. The summed E-state index contributed by atoms with van der Waals surface area (Å²) in [6.45, 7) is -2.91. The van der Waals surface area contributed by atoms with Gasteiger partial charge in [-0.1, -0.05) is 6.07 Å². The Labute approximate surface area is 126 Å². The van der Waals surface area contributed by atoms with Gasteiger partial charge in [-0.2, -0.15) is 13.9 Å². The van der Waals surface area contributed by atoms with Crippen molar-refractivity contribution in [1.29, 1.82) is 0 Å². The van der Waals surface area contributed by atoms with Crippen molar-refractivity contribution < 1.29 is 18.3 Å². The Morgan fingerprint density at radius 1 is 1.41 bits per heavy atom. The Bertz CT molecular complexity index is 645. The van der Waals surface area contributed by atoms with E-state index in [0.717, 1.165) is 0 Å². The number of ether oxygens (including phenoxy) is 1. The molecule has 0 aliphatic carbocycles. The molecule has 0 saturated heterocycles. The second-order valence-corrected chi connectivity index (χ2v) is 4.56. The minimum atomic E-state index is -2.91. The quantitative estimate of drug-likeness (QED) is 0.855. The largest absolute Gasteiger partial charge is 0.435 e. The first-order valence-electron chi connectivity index (χ1n) is 6.51. The minimum Gasteiger partial charge on any atom is -0.435 e. The number of carbonyl (C=O) groups excluding carboxylic acids is 1. The lowest BCUT2D eigenvalue weighted by Gasteiger charge is -2.15. The summed E-state index contributed by atoms with van der Waals surface area (Å²) in [6.07, 6.45) is 3.30. The summed E-state index contributed by atoms with van der Waals surface area (Å²) >= 11 is 0. The SMILES string of the molecule is CNC(C(=O)Nc1cccc(OC(F)F)c1)c1cnn(C)c1. The molecular formula is C14H16F2N4O2. The molecule has 22 heavy (non-hydrogen) atoms. The molecular weight excluding hydrogens is 294 g/mol. The van der Waals surface area contributed by atoms with Crippen molar-refractivity contribution in [2.75, 3.05) is 12.4 Å². The fraction of sp³-hybridized carbons (Fsp3) is 0.286. The van der Waals surface area contributed by atoms with E-state index in [1.807, 2.05) is 0 Å². The molecule has 2 rings (SSSR count). The topological polar surface area (TPSA) is 68.2 Å². The average Bonchev–Trinajstić information content (AvgIpc) is 2.85. The van der Waals surface area contributed by atoms with Crippen molar-refractivity contribution in [3.05, 3.63) is 42.2 Å². The van der Waals surface area contributed by atoms with E-state index in [1.165, 1.54) is 18.2 Å². The molecule has 0 saturated carbocycles. The maximum Gasteiger partial charge on any atom is 0.387 e. The standard InChI is InChI=1S/C14H16F2N4O2/c1-17-12(9-7-18-20(2)8-9)13(21)19-10-4-3-5-11(6-10)22-14(15)16/h3-8,12,14,17H,1-2H3,(H,19,21). The third kappa shape index (κ3) is 4.01. The van der Waals surface area contributed by atoms with Gasteiger partial charge in [-0.3, -0.25) is 9.48 Å². The van der Waals surface area contributed by atoms with Crippen molar-refractivity contribution in [3.63, 3.8) is 0 Å². The fourth-order valence-electron chi connectivity index (χ4n) is 2.00. The molecule has 1 heterocycles. The Kier molecular flexibility index (Phi) is 5.05. The predicted octanol–water partition coefficient (Wildman–Crippen LogP) is 1.92. The first-order chi connectivity index (χ1) is 10.5. The van der Waals surface area contributed by atoms with E-state index >= 15 is 0 Å². The molecule has 0 radical (unpaired) electrons. The molecule has 8 heteroatoms. The molecule has 118 valence electrons. The Morgan fingerprint density at radius 2 is 2.18 bits per heavy atom. The summed E-state index contributed by atoms with van der Waals surface area (Å²) < 4.78 is 30.3. The van der Waals surface area contributed by atoms with Crippen LogP contribution in [0.2, 0.25) is 0 Å². The van der Waals surface area contributed by atoms with E-state index in [-0.39, 0.29) is 11.7 Å². The molecule has 1 aromatic heterocycles. The van der Waals surface area contributed by atoms with E-state index in [9.17, 15) is 13.6 Å². The van der Waals surface area contributed by atoms with Gasteiger partial charge in [0.1, 0.15) is 11.8 Å². The number of anilines is 1. The summed E-state index contributed by atoms with van der Waals surface area (Å²) in [6, 6.07) is 5.23. The van der Waals surface area contributed by atoms with Gasteiger partial charge >= 0.3 is 6.61 Å². The molecule has 1 atom stereocenters. The summed E-state index contributed by atoms with van der Waals surface area (Å²) in [7, 11) is 3.40. The van der Waals surface area contributed by atoms with Crippen molar-refractivity contribution >= 4 is 11.6 Å². The lowest BCUT2D eigenvalue weighted by molar-refractivity contribution is -0.118. The van der Waals surface area contributed by atoms with Gasteiger partial charge in [-0.25, -0.2) is 0 Å². The Hall–Kier alpha value is -2.48. The predicted molar refractivity (Wildman–Crippen MR) is 76.7 cm³/mol. The number of nitrogens with zero attached hydrogens (tertiary/aromatic N) is 2. The van der Waals surface area contributed by atoms with E-state index in [1.54, 1.807) is 37.2 Å². The zero-order valence-corrected chi connectivity index (χ0v) is 12.1. The van der Waals surface area contributed by atoms with Crippen LogP contribution < -0.4 is 15.4 Å². The van der Waals surface area contributed by atoms with Gasteiger partial charge < -0.3 is 15.4 Å². The summed E-state index contributed by atoms with van der Waals surface area (Å²) in [5.41, 5.74) is 1.06. The van der Waals surface area contributed by atoms with Crippen LogP contribution in [0.5, 0.6) is 5.75 Å². The van der Waals surface area contributed by atoms with Crippen molar-refractivity contribution in [2.45, 2.75) is 12.7 Å². The number of benzene rings is 1. The first-order valence-corrected chi connectivity index (χ1v) is 6.51. The van der Waals surface area contributed by atoms with Crippen LogP contribution in [0.3, 0.4) is 0 Å². The van der Waals surface area contributed by atoms with Crippen LogP contribution in [-0.4, -0.2) is 29.3 Å². The highest BCUT2D eigenvalue weighted by atomic mass is 19.3. The summed E-state index contributed by atoms with van der Waals surface area (Å²) in [4.78, 5) is 12.3. The molecule has 2 aromatic rings. The summed E-state index contributed by atoms with van der Waals surface area (Å²) in [5.74, 6) is -0.347. The molecule has 6 nitrogen and oxygen atoms in total. The summed E-state index contributed by atoms with van der Waals surface area (Å²) in [5, 5.41) is 9.55. The number of aryl methyl sites for hydroxylation is 1. The highest BCUT2D eigenvalue weighted by Crippen LogP contribution is 2.21. The lowest BCUT2D eigenvalue weighted by atomic mass is 10.1. The molecule has 2 N–H and O–H groups in total. The fourth-order valence-corrected chi connectivity index (χ4v) is 2.00. The number of likely N-dealkylation sites (N-methyl/N-ethyl adjacent to an activating group) is 1. The van der Waals surface area contributed by atoms with Crippen LogP contribution in [0.15, 0.2) is 36.7 Å². The second-order valence-electron chi connectivity index (χ2n) is 4.56. The third-order valence-electron chi connectivity index (χ3n) is 2.94. The van der Waals surface area contributed by atoms with Crippen LogP contribution >= 0.6 is 0 Å². The number of aromatic nitrogens is 2. The van der Waals surface area contributed by atoms with Crippen LogP contribution in [0.25, 0.3) is 0 Å². The number of hydrogen-bond donors (Lipinski definition) is 2. The smallest absolute Gasteiger partial charge is 0.387 e. The highest BCUT2D eigenvalue weighted by Gasteiger charge is 2.20. The zero-order chi connectivity index (χ0) is 16.1. The number of hydrogen-bond acceptors (Lipinski definition) is 4. The van der Waals surface area contributed by atoms with Crippen molar-refractivity contribution in [1.82, 2.24) is 15.1 Å². The zero-order valence-electron chi connectivity index (χ0n) is 12.1. The van der Waals surface area contributed by atoms with Gasteiger partial charge in [-0.15, -0.1) is 0 Å². The number of carbonyl (C=O) groups is 1. The van der Waals surface area contributed by atoms with Gasteiger partial charge in [0.2, 0.25) is 5.91 Å². The highest BCUT2D eigenvalue weighted by molar-refractivity contribution is 5.95. The number of nitrogens with one attached hydrogen (secondary N) is 2. The van der Waals surface area contributed by atoms with Gasteiger partial charge in [0.25, 0.3) is 0 Å². The maximum atomic E-state index is 12.3. The van der Waals surface area contributed by atoms with Crippen molar-refractivity contribution in [2.24, 2.45) is 7.05 Å². The Balaban J connectivity index is 2.10. The Morgan fingerprint density at radius 3 is 2.77 bits per heavy atom. The normalized spacial score (nSPS) is 12.2. The lowest BCUT2D eigenvalue weighted by Crippen LogP contribution is -2.30. The van der Waals surface area contributed by atoms with E-state index in [0.29, 0.717) is 11.3 Å².